The summed E-state index contributed by atoms with van der Waals surface area (Å²) in [4.78, 5) is 10.8. The monoisotopic (exact) mass is 246 g/mol. The van der Waals surface area contributed by atoms with Gasteiger partial charge in [0.2, 0.25) is 0 Å². The van der Waals surface area contributed by atoms with E-state index in [4.69, 9.17) is 10.2 Å². The molecule has 1 rings (SSSR count). The third kappa shape index (κ3) is 2.84. The maximum atomic E-state index is 11.2. The van der Waals surface area contributed by atoms with Crippen LogP contribution in [0.25, 0.3) is 0 Å². The summed E-state index contributed by atoms with van der Waals surface area (Å²) in [6, 6.07) is 3.30. The SMILES string of the molecule is CNS(=O)(=O)Nc1ccc(O)cc1C(=O)O. The Hall–Kier alpha value is -1.80. The van der Waals surface area contributed by atoms with Gasteiger partial charge >= 0.3 is 5.97 Å². The first-order valence-corrected chi connectivity index (χ1v) is 5.61. The van der Waals surface area contributed by atoms with Gasteiger partial charge in [0.15, 0.2) is 0 Å². The molecule has 0 radical (unpaired) electrons. The Balaban J connectivity index is 3.19. The predicted octanol–water partition coefficient (Wildman–Crippen LogP) is -0.0335. The molecule has 8 heteroatoms. The molecule has 0 aliphatic carbocycles. The van der Waals surface area contributed by atoms with Crippen LogP contribution in [0.2, 0.25) is 0 Å². The van der Waals surface area contributed by atoms with E-state index in [0.717, 1.165) is 12.1 Å². The number of phenolic OH excluding ortho intramolecular Hbond substituents is 1. The Kier molecular flexibility index (Phi) is 3.35. The molecule has 7 nitrogen and oxygen atoms in total. The molecule has 0 spiro atoms. The molecule has 0 aromatic heterocycles. The number of hydrogen-bond acceptors (Lipinski definition) is 4. The van der Waals surface area contributed by atoms with E-state index < -0.39 is 16.2 Å². The van der Waals surface area contributed by atoms with E-state index in [9.17, 15) is 13.2 Å². The molecule has 0 aliphatic rings. The van der Waals surface area contributed by atoms with E-state index in [1.165, 1.54) is 13.1 Å². The van der Waals surface area contributed by atoms with Crippen molar-refractivity contribution in [2.45, 2.75) is 0 Å². The molecule has 4 N–H and O–H groups in total. The maximum Gasteiger partial charge on any atom is 0.337 e. The van der Waals surface area contributed by atoms with E-state index in [0.29, 0.717) is 0 Å². The van der Waals surface area contributed by atoms with Gasteiger partial charge < -0.3 is 10.2 Å². The first kappa shape index (κ1) is 12.3. The van der Waals surface area contributed by atoms with Gasteiger partial charge in [0.05, 0.1) is 11.3 Å². The fourth-order valence-electron chi connectivity index (χ4n) is 0.994. The standard InChI is InChI=1S/C8H10N2O5S/c1-9-16(14,15)10-7-3-2-5(11)4-6(7)8(12)13/h2-4,9-11H,1H3,(H,12,13). The molecule has 1 aromatic rings. The minimum atomic E-state index is -3.79. The number of rotatable bonds is 4. The zero-order chi connectivity index (χ0) is 12.3. The van der Waals surface area contributed by atoms with Gasteiger partial charge in [0, 0.05) is 7.05 Å². The molecule has 0 saturated carbocycles. The van der Waals surface area contributed by atoms with Gasteiger partial charge in [0.25, 0.3) is 10.2 Å². The Morgan fingerprint density at radius 1 is 1.38 bits per heavy atom. The van der Waals surface area contributed by atoms with E-state index >= 15 is 0 Å². The summed E-state index contributed by atoms with van der Waals surface area (Å²) in [6.07, 6.45) is 0. The lowest BCUT2D eigenvalue weighted by Gasteiger charge is -2.09. The Morgan fingerprint density at radius 2 is 2.00 bits per heavy atom. The van der Waals surface area contributed by atoms with Crippen LogP contribution in [0.4, 0.5) is 5.69 Å². The van der Waals surface area contributed by atoms with Gasteiger partial charge in [-0.3, -0.25) is 4.72 Å². The Bertz CT molecular complexity index is 511. The summed E-state index contributed by atoms with van der Waals surface area (Å²) in [5.74, 6) is -1.60. The third-order valence-corrected chi connectivity index (χ3v) is 2.77. The number of phenols is 1. The van der Waals surface area contributed by atoms with Crippen LogP contribution in [0.3, 0.4) is 0 Å². The lowest BCUT2D eigenvalue weighted by molar-refractivity contribution is 0.0697. The van der Waals surface area contributed by atoms with Crippen molar-refractivity contribution < 1.29 is 23.4 Å². The second-order valence-corrected chi connectivity index (χ2v) is 4.46. The summed E-state index contributed by atoms with van der Waals surface area (Å²) in [5.41, 5.74) is -0.460. The molecular weight excluding hydrogens is 236 g/mol. The molecule has 0 bridgehead atoms. The first-order valence-electron chi connectivity index (χ1n) is 4.13. The molecule has 0 amide bonds. The molecular formula is C8H10N2O5S. The van der Waals surface area contributed by atoms with Crippen LogP contribution in [-0.4, -0.2) is 31.6 Å². The maximum absolute atomic E-state index is 11.2. The lowest BCUT2D eigenvalue weighted by atomic mass is 10.2. The van der Waals surface area contributed by atoms with E-state index in [2.05, 4.69) is 0 Å². The fraction of sp³-hybridized carbons (Fsp3) is 0.125. The van der Waals surface area contributed by atoms with E-state index in [1.807, 2.05) is 9.44 Å². The number of carboxylic acids is 1. The number of aromatic carboxylic acids is 1. The normalized spacial score (nSPS) is 11.1. The number of anilines is 1. The van der Waals surface area contributed by atoms with Crippen molar-refractivity contribution in [3.05, 3.63) is 23.8 Å². The molecule has 0 saturated heterocycles. The average molecular weight is 246 g/mol. The Morgan fingerprint density at radius 3 is 2.50 bits per heavy atom. The second-order valence-electron chi connectivity index (χ2n) is 2.84. The van der Waals surface area contributed by atoms with Crippen molar-refractivity contribution in [2.24, 2.45) is 0 Å². The quantitative estimate of drug-likeness (QED) is 0.556. The van der Waals surface area contributed by atoms with Crippen molar-refractivity contribution in [3.8, 4) is 5.75 Å². The highest BCUT2D eigenvalue weighted by Crippen LogP contribution is 2.21. The van der Waals surface area contributed by atoms with Crippen molar-refractivity contribution >= 4 is 21.9 Å². The summed E-state index contributed by atoms with van der Waals surface area (Å²) in [6.45, 7) is 0. The van der Waals surface area contributed by atoms with Crippen LogP contribution in [0.1, 0.15) is 10.4 Å². The molecule has 0 fully saturated rings. The average Bonchev–Trinajstić information content (AvgIpc) is 2.20. The van der Waals surface area contributed by atoms with Crippen molar-refractivity contribution in [2.75, 3.05) is 11.8 Å². The summed E-state index contributed by atoms with van der Waals surface area (Å²) >= 11 is 0. The molecule has 0 unspecified atom stereocenters. The van der Waals surface area contributed by atoms with Gasteiger partial charge in [-0.15, -0.1) is 0 Å². The molecule has 1 aromatic carbocycles. The molecule has 0 atom stereocenters. The van der Waals surface area contributed by atoms with Crippen LogP contribution in [-0.2, 0) is 10.2 Å². The highest BCUT2D eigenvalue weighted by Gasteiger charge is 2.15. The molecule has 0 aliphatic heterocycles. The third-order valence-electron chi connectivity index (χ3n) is 1.75. The van der Waals surface area contributed by atoms with Crippen molar-refractivity contribution in [3.63, 3.8) is 0 Å². The zero-order valence-electron chi connectivity index (χ0n) is 8.26. The lowest BCUT2D eigenvalue weighted by Crippen LogP contribution is -2.27. The number of aromatic hydroxyl groups is 1. The van der Waals surface area contributed by atoms with Gasteiger partial charge in [-0.2, -0.15) is 8.42 Å². The summed E-state index contributed by atoms with van der Waals surface area (Å²) in [7, 11) is -2.60. The largest absolute Gasteiger partial charge is 0.508 e. The van der Waals surface area contributed by atoms with Gasteiger partial charge in [0.1, 0.15) is 5.75 Å². The molecule has 16 heavy (non-hydrogen) atoms. The molecule has 88 valence electrons. The smallest absolute Gasteiger partial charge is 0.337 e. The van der Waals surface area contributed by atoms with Crippen LogP contribution in [0, 0.1) is 0 Å². The van der Waals surface area contributed by atoms with Crippen molar-refractivity contribution in [1.82, 2.24) is 4.72 Å². The Labute approximate surface area is 91.9 Å². The molecule has 0 heterocycles. The summed E-state index contributed by atoms with van der Waals surface area (Å²) in [5, 5.41) is 17.9. The van der Waals surface area contributed by atoms with Crippen molar-refractivity contribution in [1.29, 1.82) is 0 Å². The number of carbonyl (C=O) groups is 1. The fourth-order valence-corrected chi connectivity index (χ4v) is 1.56. The number of benzene rings is 1. The van der Waals surface area contributed by atoms with Gasteiger partial charge in [-0.05, 0) is 18.2 Å². The predicted molar refractivity (Wildman–Crippen MR) is 56.7 cm³/mol. The minimum Gasteiger partial charge on any atom is -0.508 e. The van der Waals surface area contributed by atoms with Gasteiger partial charge in [-0.1, -0.05) is 0 Å². The topological polar surface area (TPSA) is 116 Å². The second kappa shape index (κ2) is 4.37. The highest BCUT2D eigenvalue weighted by atomic mass is 32.2. The first-order chi connectivity index (χ1) is 7.35. The highest BCUT2D eigenvalue weighted by molar-refractivity contribution is 7.90. The van der Waals surface area contributed by atoms with E-state index in [1.54, 1.807) is 0 Å². The van der Waals surface area contributed by atoms with Gasteiger partial charge in [-0.25, -0.2) is 9.52 Å². The summed E-state index contributed by atoms with van der Waals surface area (Å²) < 4.78 is 26.3. The van der Waals surface area contributed by atoms with Crippen LogP contribution in [0.5, 0.6) is 5.75 Å². The minimum absolute atomic E-state index is 0.125. The van der Waals surface area contributed by atoms with E-state index in [-0.39, 0.29) is 17.0 Å². The number of hydrogen-bond donors (Lipinski definition) is 4. The van der Waals surface area contributed by atoms with Crippen LogP contribution >= 0.6 is 0 Å². The van der Waals surface area contributed by atoms with Crippen LogP contribution < -0.4 is 9.44 Å². The van der Waals surface area contributed by atoms with Crippen LogP contribution in [0.15, 0.2) is 18.2 Å². The zero-order valence-corrected chi connectivity index (χ0v) is 9.08. The number of carboxylic acid groups (broad SMARTS) is 1. The number of nitrogens with one attached hydrogen (secondary N) is 2.